The number of rotatable bonds is 9. The first-order valence-corrected chi connectivity index (χ1v) is 8.36. The van der Waals surface area contributed by atoms with Crippen LogP contribution >= 0.6 is 35.6 Å². The summed E-state index contributed by atoms with van der Waals surface area (Å²) >= 11 is 6.24. The first-order chi connectivity index (χ1) is 11.1. The van der Waals surface area contributed by atoms with E-state index in [4.69, 9.17) is 21.3 Å². The first kappa shape index (κ1) is 23.4. The Kier molecular flexibility index (Phi) is 13.4. The van der Waals surface area contributed by atoms with Crippen LogP contribution in [0.25, 0.3) is 0 Å². The molecule has 7 heteroatoms. The van der Waals surface area contributed by atoms with E-state index in [0.29, 0.717) is 0 Å². The fourth-order valence-corrected chi connectivity index (χ4v) is 2.31. The van der Waals surface area contributed by atoms with Crippen molar-refractivity contribution in [3.8, 4) is 0 Å². The highest BCUT2D eigenvalue weighted by Crippen LogP contribution is 2.16. The van der Waals surface area contributed by atoms with E-state index in [9.17, 15) is 0 Å². The number of aliphatic imine (C=N–C) groups is 1. The number of ether oxygens (including phenoxy) is 1. The monoisotopic (exact) mass is 468 g/mol. The van der Waals surface area contributed by atoms with E-state index >= 15 is 0 Å². The molecule has 0 atom stereocenters. The van der Waals surface area contributed by atoms with Crippen LogP contribution in [0.2, 0.25) is 5.02 Å². The summed E-state index contributed by atoms with van der Waals surface area (Å²) in [7, 11) is 5.83. The van der Waals surface area contributed by atoms with Gasteiger partial charge in [0.2, 0.25) is 0 Å². The van der Waals surface area contributed by atoms with Crippen molar-refractivity contribution in [1.29, 1.82) is 0 Å². The van der Waals surface area contributed by atoms with Gasteiger partial charge in [0.25, 0.3) is 0 Å². The molecule has 0 aliphatic heterocycles. The highest BCUT2D eigenvalue weighted by Gasteiger charge is 2.08. The zero-order valence-electron chi connectivity index (χ0n) is 15.1. The quantitative estimate of drug-likeness (QED) is 0.344. The van der Waals surface area contributed by atoms with Crippen molar-refractivity contribution in [3.63, 3.8) is 0 Å². The Labute approximate surface area is 168 Å². The van der Waals surface area contributed by atoms with Crippen molar-refractivity contribution in [1.82, 2.24) is 15.1 Å². The molecular formula is C17H30ClIN4O. The molecule has 1 rings (SSSR count). The van der Waals surface area contributed by atoms with Gasteiger partial charge in [0.1, 0.15) is 0 Å². The van der Waals surface area contributed by atoms with Crippen molar-refractivity contribution in [3.05, 3.63) is 34.9 Å². The van der Waals surface area contributed by atoms with E-state index in [1.165, 1.54) is 0 Å². The van der Waals surface area contributed by atoms with Gasteiger partial charge >= 0.3 is 0 Å². The second-order valence-electron chi connectivity index (χ2n) is 5.48. The summed E-state index contributed by atoms with van der Waals surface area (Å²) in [5.41, 5.74) is 1.10. The molecular weight excluding hydrogens is 439 g/mol. The van der Waals surface area contributed by atoms with E-state index in [0.717, 1.165) is 55.9 Å². The summed E-state index contributed by atoms with van der Waals surface area (Å²) in [6.07, 6.45) is 0. The molecule has 1 aromatic rings. The van der Waals surface area contributed by atoms with Crippen molar-refractivity contribution >= 4 is 41.5 Å². The largest absolute Gasteiger partial charge is 0.383 e. The lowest BCUT2D eigenvalue weighted by molar-refractivity contribution is 0.163. The molecule has 0 aromatic heterocycles. The van der Waals surface area contributed by atoms with Gasteiger partial charge in [-0.15, -0.1) is 24.0 Å². The number of nitrogens with zero attached hydrogens (tertiary/aromatic N) is 3. The average Bonchev–Trinajstić information content (AvgIpc) is 2.54. The molecule has 0 fully saturated rings. The molecule has 138 valence electrons. The predicted molar refractivity (Wildman–Crippen MR) is 114 cm³/mol. The Morgan fingerprint density at radius 3 is 2.58 bits per heavy atom. The fourth-order valence-electron chi connectivity index (χ4n) is 2.11. The normalized spacial score (nSPS) is 11.3. The minimum atomic E-state index is 0. The number of nitrogens with one attached hydrogen (secondary N) is 1. The van der Waals surface area contributed by atoms with E-state index in [1.807, 2.05) is 31.3 Å². The lowest BCUT2D eigenvalue weighted by Crippen LogP contribution is -2.39. The Hall–Kier alpha value is -0.570. The maximum Gasteiger partial charge on any atom is 0.194 e. The molecule has 0 aliphatic rings. The Balaban J connectivity index is 0.00000529. The summed E-state index contributed by atoms with van der Waals surface area (Å²) in [5, 5.41) is 4.12. The second kappa shape index (κ2) is 13.7. The predicted octanol–water partition coefficient (Wildman–Crippen LogP) is 2.93. The Bertz CT molecular complexity index is 487. The lowest BCUT2D eigenvalue weighted by atomic mass is 10.2. The molecule has 0 amide bonds. The smallest absolute Gasteiger partial charge is 0.194 e. The van der Waals surface area contributed by atoms with Gasteiger partial charge in [0.15, 0.2) is 5.96 Å². The molecule has 0 heterocycles. The van der Waals surface area contributed by atoms with Crippen molar-refractivity contribution in [2.75, 3.05) is 54.0 Å². The number of halogens is 2. The maximum atomic E-state index is 6.24. The van der Waals surface area contributed by atoms with E-state index in [1.54, 1.807) is 7.11 Å². The van der Waals surface area contributed by atoms with Crippen molar-refractivity contribution in [2.24, 2.45) is 4.99 Å². The third-order valence-corrected chi connectivity index (χ3v) is 3.85. The van der Waals surface area contributed by atoms with Gasteiger partial charge < -0.3 is 19.9 Å². The van der Waals surface area contributed by atoms with E-state index in [-0.39, 0.29) is 24.0 Å². The summed E-state index contributed by atoms with van der Waals surface area (Å²) < 4.78 is 5.08. The molecule has 24 heavy (non-hydrogen) atoms. The minimum absolute atomic E-state index is 0. The molecule has 0 radical (unpaired) electrons. The first-order valence-electron chi connectivity index (χ1n) is 7.98. The molecule has 5 nitrogen and oxygen atoms in total. The third-order valence-electron chi connectivity index (χ3n) is 3.48. The van der Waals surface area contributed by atoms with Gasteiger partial charge in [-0.25, -0.2) is 0 Å². The Morgan fingerprint density at radius 2 is 1.96 bits per heavy atom. The summed E-state index contributed by atoms with van der Waals surface area (Å²) in [4.78, 5) is 9.00. The molecule has 0 bridgehead atoms. The summed E-state index contributed by atoms with van der Waals surface area (Å²) in [6, 6.07) is 7.91. The highest BCUT2D eigenvalue weighted by atomic mass is 127. The van der Waals surface area contributed by atoms with Crippen LogP contribution in [-0.4, -0.2) is 69.8 Å². The summed E-state index contributed by atoms with van der Waals surface area (Å²) in [5.74, 6) is 0.896. The van der Waals surface area contributed by atoms with Crippen LogP contribution in [0.3, 0.4) is 0 Å². The zero-order valence-corrected chi connectivity index (χ0v) is 18.2. The van der Waals surface area contributed by atoms with Gasteiger partial charge in [0.05, 0.1) is 13.2 Å². The van der Waals surface area contributed by atoms with Crippen molar-refractivity contribution in [2.45, 2.75) is 13.5 Å². The van der Waals surface area contributed by atoms with Crippen LogP contribution in [-0.2, 0) is 11.3 Å². The third kappa shape index (κ3) is 9.05. The van der Waals surface area contributed by atoms with Crippen LogP contribution in [0.4, 0.5) is 0 Å². The number of benzene rings is 1. The zero-order chi connectivity index (χ0) is 17.1. The molecule has 0 saturated heterocycles. The lowest BCUT2D eigenvalue weighted by Gasteiger charge is -2.23. The van der Waals surface area contributed by atoms with Gasteiger partial charge in [-0.1, -0.05) is 29.8 Å². The minimum Gasteiger partial charge on any atom is -0.383 e. The molecule has 0 saturated carbocycles. The SMILES string of the molecule is CCNC(=NCCN(C)CCOC)N(C)Cc1ccccc1Cl.I. The number of hydrogen-bond donors (Lipinski definition) is 1. The van der Waals surface area contributed by atoms with E-state index < -0.39 is 0 Å². The fraction of sp³-hybridized carbons (Fsp3) is 0.588. The van der Waals surface area contributed by atoms with Gasteiger partial charge in [0, 0.05) is 45.4 Å². The van der Waals surface area contributed by atoms with Crippen LogP contribution in [0.5, 0.6) is 0 Å². The highest BCUT2D eigenvalue weighted by molar-refractivity contribution is 14.0. The number of likely N-dealkylation sites (N-methyl/N-ethyl adjacent to an activating group) is 1. The standard InChI is InChI=1S/C17H29ClN4O.HI/c1-5-19-17(20-10-11-21(2)12-13-23-4)22(3)14-15-8-6-7-9-16(15)18;/h6-9H,5,10-14H2,1-4H3,(H,19,20);1H. The van der Waals surface area contributed by atoms with Gasteiger partial charge in [-0.3, -0.25) is 4.99 Å². The van der Waals surface area contributed by atoms with Crippen LogP contribution in [0.1, 0.15) is 12.5 Å². The van der Waals surface area contributed by atoms with Crippen LogP contribution in [0.15, 0.2) is 29.3 Å². The Morgan fingerprint density at radius 1 is 1.25 bits per heavy atom. The number of hydrogen-bond acceptors (Lipinski definition) is 3. The molecule has 1 N–H and O–H groups in total. The topological polar surface area (TPSA) is 40.1 Å². The van der Waals surface area contributed by atoms with Crippen LogP contribution in [0, 0.1) is 0 Å². The van der Waals surface area contributed by atoms with E-state index in [2.05, 4.69) is 29.1 Å². The summed E-state index contributed by atoms with van der Waals surface area (Å²) in [6.45, 7) is 6.94. The molecule has 0 aliphatic carbocycles. The molecule has 0 spiro atoms. The number of methoxy groups -OCH3 is 1. The van der Waals surface area contributed by atoms with Gasteiger partial charge in [-0.2, -0.15) is 0 Å². The average molecular weight is 469 g/mol. The number of guanidine groups is 1. The van der Waals surface area contributed by atoms with Gasteiger partial charge in [-0.05, 0) is 25.6 Å². The molecule has 1 aromatic carbocycles. The van der Waals surface area contributed by atoms with Crippen molar-refractivity contribution < 1.29 is 4.74 Å². The maximum absolute atomic E-state index is 6.24. The molecule has 0 unspecified atom stereocenters. The van der Waals surface area contributed by atoms with Crippen LogP contribution < -0.4 is 5.32 Å². The second-order valence-corrected chi connectivity index (χ2v) is 5.89.